The first-order chi connectivity index (χ1) is 21.3. The number of aromatic nitrogens is 3. The normalized spacial score (nSPS) is 11.1. The number of hydrogen-bond donors (Lipinski definition) is 6. The molecule has 0 aliphatic heterocycles. The first-order valence-corrected chi connectivity index (χ1v) is 13.0. The molecular formula is C30H30FN7O8. The van der Waals surface area contributed by atoms with Crippen LogP contribution in [-0.4, -0.2) is 49.5 Å². The average Bonchev–Trinajstić information content (AvgIpc) is 3.42. The number of esters is 1. The lowest BCUT2D eigenvalue weighted by Crippen LogP contribution is -2.36. The maximum Gasteiger partial charge on any atom is 0.353 e. The summed E-state index contributed by atoms with van der Waals surface area (Å²) in [5.74, 6) is -3.81. The van der Waals surface area contributed by atoms with Crippen LogP contribution in [0.1, 0.15) is 62.9 Å². The van der Waals surface area contributed by atoms with Crippen LogP contribution in [0.15, 0.2) is 64.3 Å². The number of fused-ring (bicyclic) bond motifs is 1. The van der Waals surface area contributed by atoms with Crippen LogP contribution >= 0.6 is 0 Å². The lowest BCUT2D eigenvalue weighted by molar-refractivity contribution is 0.0599. The molecule has 0 aliphatic carbocycles. The molecule has 5 aromatic rings. The van der Waals surface area contributed by atoms with Crippen LogP contribution in [0, 0.1) is 5.82 Å². The van der Waals surface area contributed by atoms with Gasteiger partial charge in [0.1, 0.15) is 28.6 Å². The van der Waals surface area contributed by atoms with E-state index in [-0.39, 0.29) is 60.2 Å². The Kier molecular flexibility index (Phi) is 10.5. The zero-order chi connectivity index (χ0) is 33.0. The molecule has 0 radical (unpaired) electrons. The minimum Gasteiger partial charge on any atom is -0.492 e. The quantitative estimate of drug-likeness (QED) is 0.106. The van der Waals surface area contributed by atoms with E-state index in [1.165, 1.54) is 19.2 Å². The van der Waals surface area contributed by atoms with Crippen LogP contribution in [0.2, 0.25) is 0 Å². The van der Waals surface area contributed by atoms with Crippen molar-refractivity contribution in [1.29, 1.82) is 0 Å². The number of carboxylic acids is 1. The van der Waals surface area contributed by atoms with Gasteiger partial charge in [-0.15, -0.1) is 0 Å². The lowest BCUT2D eigenvalue weighted by Gasteiger charge is -2.12. The molecular weight excluding hydrogens is 605 g/mol. The molecule has 0 saturated heterocycles. The molecule has 8 N–H and O–H groups in total. The van der Waals surface area contributed by atoms with E-state index in [0.29, 0.717) is 11.1 Å². The third kappa shape index (κ3) is 7.31. The molecule has 0 spiro atoms. The maximum absolute atomic E-state index is 14.1. The topological polar surface area (TPSA) is 241 Å². The van der Waals surface area contributed by atoms with Gasteiger partial charge in [-0.2, -0.15) is 4.98 Å². The Morgan fingerprint density at radius 3 is 2.33 bits per heavy atom. The number of nitrogens with zero attached hydrogens (tertiary/aromatic N) is 3. The number of aromatic hydroxyl groups is 1. The van der Waals surface area contributed by atoms with Crippen LogP contribution < -0.4 is 33.0 Å². The molecule has 16 heteroatoms. The highest BCUT2D eigenvalue weighted by Gasteiger charge is 2.20. The SMILES string of the molecule is C.COC(=O)c1ccc([C@H](C)N)cc1.Nc1c(Nc2cc(CNC(=O)c3cc(C(=O)O)n4cc(O)nc4n3)ccc2F)c(=O)c1=O. The molecule has 240 valence electrons. The van der Waals surface area contributed by atoms with E-state index in [1.807, 2.05) is 19.1 Å². The average molecular weight is 636 g/mol. The highest BCUT2D eigenvalue weighted by Crippen LogP contribution is 2.23. The first-order valence-electron chi connectivity index (χ1n) is 13.0. The summed E-state index contributed by atoms with van der Waals surface area (Å²) in [5.41, 5.74) is 10.1. The summed E-state index contributed by atoms with van der Waals surface area (Å²) >= 11 is 0. The Balaban J connectivity index is 0.000000347. The minimum atomic E-state index is -1.37. The van der Waals surface area contributed by atoms with Gasteiger partial charge in [-0.05, 0) is 42.3 Å². The number of anilines is 3. The number of methoxy groups -OCH3 is 1. The van der Waals surface area contributed by atoms with Crippen molar-refractivity contribution in [3.05, 3.63) is 109 Å². The third-order valence-electron chi connectivity index (χ3n) is 6.43. The Hall–Kier alpha value is -6.16. The van der Waals surface area contributed by atoms with Crippen LogP contribution in [0.5, 0.6) is 5.88 Å². The Morgan fingerprint density at radius 1 is 1.07 bits per heavy atom. The first kappa shape index (κ1) is 34.3. The smallest absolute Gasteiger partial charge is 0.353 e. The van der Waals surface area contributed by atoms with Gasteiger partial charge in [0.05, 0.1) is 24.6 Å². The Labute approximate surface area is 260 Å². The standard InChI is InChI=1S/C19H13FN6O6.C10H13NO2.CH4/c20-8-2-1-7(3-9(8)23-14-13(21)15(28)16(14)29)5-22-17(30)10-4-11(18(31)32)26-6-12(27)25-19(26)24-10;1-7(11)8-3-5-9(6-4-8)10(12)13-2;/h1-4,6,23,27H,5,21H2,(H,22,30)(H,31,32);3-7H,11H2,1-2H3;1H4/t;7-;/m.0./s1. The van der Waals surface area contributed by atoms with Gasteiger partial charge in [-0.3, -0.25) is 18.8 Å². The summed E-state index contributed by atoms with van der Waals surface area (Å²) in [6.45, 7) is 1.79. The van der Waals surface area contributed by atoms with Crippen molar-refractivity contribution in [2.75, 3.05) is 18.2 Å². The van der Waals surface area contributed by atoms with E-state index in [1.54, 1.807) is 12.1 Å². The molecule has 15 nitrogen and oxygen atoms in total. The van der Waals surface area contributed by atoms with Crippen molar-refractivity contribution < 1.29 is 33.7 Å². The van der Waals surface area contributed by atoms with Crippen LogP contribution in [-0.2, 0) is 11.3 Å². The number of halogens is 1. The molecule has 0 unspecified atom stereocenters. The highest BCUT2D eigenvalue weighted by atomic mass is 19.1. The van der Waals surface area contributed by atoms with E-state index in [0.717, 1.165) is 28.3 Å². The summed E-state index contributed by atoms with van der Waals surface area (Å²) in [6.07, 6.45) is 1.04. The fourth-order valence-electron chi connectivity index (χ4n) is 3.99. The summed E-state index contributed by atoms with van der Waals surface area (Å²) in [6, 6.07) is 11.9. The van der Waals surface area contributed by atoms with Gasteiger partial charge in [0.2, 0.25) is 11.7 Å². The highest BCUT2D eigenvalue weighted by molar-refractivity contribution is 5.96. The van der Waals surface area contributed by atoms with E-state index in [4.69, 9.17) is 11.5 Å². The zero-order valence-electron chi connectivity index (χ0n) is 23.7. The van der Waals surface area contributed by atoms with Gasteiger partial charge in [0, 0.05) is 18.7 Å². The number of imidazole rings is 1. The monoisotopic (exact) mass is 635 g/mol. The van der Waals surface area contributed by atoms with E-state index < -0.39 is 34.4 Å². The second-order valence-corrected chi connectivity index (χ2v) is 9.57. The second-order valence-electron chi connectivity index (χ2n) is 9.57. The summed E-state index contributed by atoms with van der Waals surface area (Å²) in [4.78, 5) is 65.3. The number of ether oxygens (including phenoxy) is 1. The number of nitrogens with one attached hydrogen (secondary N) is 2. The zero-order valence-corrected chi connectivity index (χ0v) is 23.7. The summed E-state index contributed by atoms with van der Waals surface area (Å²) < 4.78 is 19.7. The minimum absolute atomic E-state index is 0. The van der Waals surface area contributed by atoms with Gasteiger partial charge in [-0.1, -0.05) is 25.6 Å². The molecule has 0 aliphatic rings. The van der Waals surface area contributed by atoms with Crippen LogP contribution in [0.25, 0.3) is 5.78 Å². The molecule has 1 atom stereocenters. The van der Waals surface area contributed by atoms with Gasteiger partial charge in [0.25, 0.3) is 16.8 Å². The number of nitrogens with two attached hydrogens (primary N) is 2. The number of carboxylic acid groups (broad SMARTS) is 1. The summed E-state index contributed by atoms with van der Waals surface area (Å²) in [5, 5.41) is 23.8. The maximum atomic E-state index is 14.1. The van der Waals surface area contributed by atoms with E-state index >= 15 is 0 Å². The van der Waals surface area contributed by atoms with Crippen LogP contribution in [0.3, 0.4) is 0 Å². The van der Waals surface area contributed by atoms with Crippen molar-refractivity contribution >= 4 is 40.7 Å². The van der Waals surface area contributed by atoms with Gasteiger partial charge in [-0.25, -0.2) is 19.0 Å². The molecule has 5 rings (SSSR count). The Bertz CT molecular complexity index is 2000. The number of benzene rings is 2. The molecule has 3 aromatic carbocycles. The molecule has 2 aromatic heterocycles. The molecule has 46 heavy (non-hydrogen) atoms. The van der Waals surface area contributed by atoms with Crippen LogP contribution in [0.4, 0.5) is 21.5 Å². The molecule has 1 amide bonds. The molecule has 0 saturated carbocycles. The fourth-order valence-corrected chi connectivity index (χ4v) is 3.99. The van der Waals surface area contributed by atoms with Gasteiger partial charge >= 0.3 is 11.9 Å². The lowest BCUT2D eigenvalue weighted by atomic mass is 10.1. The summed E-state index contributed by atoms with van der Waals surface area (Å²) in [7, 11) is 1.36. The molecule has 0 bridgehead atoms. The number of rotatable bonds is 8. The van der Waals surface area contributed by atoms with Crippen molar-refractivity contribution in [1.82, 2.24) is 19.7 Å². The van der Waals surface area contributed by atoms with Crippen molar-refractivity contribution in [2.45, 2.75) is 26.9 Å². The van der Waals surface area contributed by atoms with Gasteiger partial charge in [0.15, 0.2) is 0 Å². The Morgan fingerprint density at radius 2 is 1.74 bits per heavy atom. The van der Waals surface area contributed by atoms with Crippen molar-refractivity contribution in [2.24, 2.45) is 5.73 Å². The second kappa shape index (κ2) is 14.1. The number of hydrogen-bond acceptors (Lipinski definition) is 12. The number of amides is 1. The van der Waals surface area contributed by atoms with Gasteiger partial charge < -0.3 is 37.1 Å². The predicted molar refractivity (Wildman–Crippen MR) is 165 cm³/mol. The number of aromatic carboxylic acids is 1. The van der Waals surface area contributed by atoms with Crippen molar-refractivity contribution in [3.63, 3.8) is 0 Å². The largest absolute Gasteiger partial charge is 0.492 e. The number of carbonyl (C=O) groups is 3. The fraction of sp³-hybridized carbons (Fsp3) is 0.167. The van der Waals surface area contributed by atoms with E-state index in [9.17, 15) is 38.6 Å². The number of carbonyl (C=O) groups excluding carboxylic acids is 2. The predicted octanol–water partition coefficient (Wildman–Crippen LogP) is 2.25. The number of nitrogen functional groups attached to an aromatic ring is 1. The van der Waals surface area contributed by atoms with E-state index in [2.05, 4.69) is 25.3 Å². The third-order valence-corrected chi connectivity index (χ3v) is 6.43. The molecule has 0 fully saturated rings. The van der Waals surface area contributed by atoms with Crippen molar-refractivity contribution in [3.8, 4) is 5.88 Å². The molecule has 2 heterocycles.